The summed E-state index contributed by atoms with van der Waals surface area (Å²) in [5, 5.41) is 0.986. The second-order valence-electron chi connectivity index (χ2n) is 5.30. The van der Waals surface area contributed by atoms with Gasteiger partial charge in [-0.1, -0.05) is 52.3 Å². The third-order valence-electron chi connectivity index (χ3n) is 3.75. The number of carbonyl (C=O) groups is 1. The van der Waals surface area contributed by atoms with Gasteiger partial charge in [-0.15, -0.1) is 0 Å². The van der Waals surface area contributed by atoms with E-state index in [1.165, 1.54) is 0 Å². The fourth-order valence-electron chi connectivity index (χ4n) is 2.51. The molecule has 0 fully saturated rings. The zero-order valence-electron chi connectivity index (χ0n) is 12.5. The molecule has 2 aromatic carbocycles. The van der Waals surface area contributed by atoms with Gasteiger partial charge in [0, 0.05) is 29.0 Å². The van der Waals surface area contributed by atoms with Crippen molar-refractivity contribution in [2.24, 2.45) is 0 Å². The van der Waals surface area contributed by atoms with Gasteiger partial charge in [0.05, 0.1) is 0 Å². The highest BCUT2D eigenvalue weighted by Crippen LogP contribution is 2.26. The lowest BCUT2D eigenvalue weighted by atomic mass is 10.1. The van der Waals surface area contributed by atoms with Crippen molar-refractivity contribution in [2.45, 2.75) is 13.5 Å². The second kappa shape index (κ2) is 5.97. The van der Waals surface area contributed by atoms with Crippen LogP contribution in [0, 0.1) is 6.92 Å². The van der Waals surface area contributed by atoms with Gasteiger partial charge in [0.15, 0.2) is 5.76 Å². The number of fused-ring (bicyclic) bond motifs is 1. The molecule has 22 heavy (non-hydrogen) atoms. The molecule has 0 saturated carbocycles. The predicted octanol–water partition coefficient (Wildman–Crippen LogP) is 4.78. The number of para-hydroxylation sites is 1. The first kappa shape index (κ1) is 14.9. The Balaban J connectivity index is 1.89. The fourth-order valence-corrected chi connectivity index (χ4v) is 2.92. The molecule has 0 spiro atoms. The quantitative estimate of drug-likeness (QED) is 0.675. The Kier molecular flexibility index (Phi) is 4.03. The minimum absolute atomic E-state index is 0.107. The summed E-state index contributed by atoms with van der Waals surface area (Å²) in [4.78, 5) is 14.3. The molecule has 3 rings (SSSR count). The van der Waals surface area contributed by atoms with Crippen molar-refractivity contribution in [3.05, 3.63) is 69.9 Å². The summed E-state index contributed by atoms with van der Waals surface area (Å²) >= 11 is 3.51. The van der Waals surface area contributed by atoms with Gasteiger partial charge in [-0.05, 0) is 24.6 Å². The third kappa shape index (κ3) is 2.66. The molecule has 112 valence electrons. The molecule has 3 nitrogen and oxygen atoms in total. The highest BCUT2D eigenvalue weighted by molar-refractivity contribution is 9.10. The van der Waals surface area contributed by atoms with E-state index in [-0.39, 0.29) is 5.91 Å². The number of halogens is 1. The highest BCUT2D eigenvalue weighted by Gasteiger charge is 2.21. The SMILES string of the molecule is Cc1c(C(=O)N(C)Cc2ccccc2Br)oc2ccccc12. The lowest BCUT2D eigenvalue weighted by Crippen LogP contribution is -2.26. The van der Waals surface area contributed by atoms with Crippen LogP contribution in [0.4, 0.5) is 0 Å². The molecule has 0 aliphatic carbocycles. The van der Waals surface area contributed by atoms with E-state index >= 15 is 0 Å². The van der Waals surface area contributed by atoms with Crippen LogP contribution in [0.2, 0.25) is 0 Å². The highest BCUT2D eigenvalue weighted by atomic mass is 79.9. The summed E-state index contributed by atoms with van der Waals surface area (Å²) in [5.41, 5.74) is 2.70. The number of amides is 1. The van der Waals surface area contributed by atoms with E-state index in [1.54, 1.807) is 11.9 Å². The summed E-state index contributed by atoms with van der Waals surface area (Å²) in [5.74, 6) is 0.306. The lowest BCUT2D eigenvalue weighted by molar-refractivity contribution is 0.0754. The predicted molar refractivity (Wildman–Crippen MR) is 90.9 cm³/mol. The Hall–Kier alpha value is -2.07. The molecule has 4 heteroatoms. The van der Waals surface area contributed by atoms with Crippen LogP contribution in [-0.2, 0) is 6.54 Å². The summed E-state index contributed by atoms with van der Waals surface area (Å²) in [6.45, 7) is 2.45. The number of nitrogens with zero attached hydrogens (tertiary/aromatic N) is 1. The third-order valence-corrected chi connectivity index (χ3v) is 4.52. The smallest absolute Gasteiger partial charge is 0.289 e. The van der Waals surface area contributed by atoms with Crippen molar-refractivity contribution < 1.29 is 9.21 Å². The summed E-state index contributed by atoms with van der Waals surface area (Å²) < 4.78 is 6.74. The van der Waals surface area contributed by atoms with E-state index in [4.69, 9.17) is 4.42 Å². The standard InChI is InChI=1S/C18H16BrNO2/c1-12-14-8-4-6-10-16(14)22-17(12)18(21)20(2)11-13-7-3-5-9-15(13)19/h3-10H,11H2,1-2H3. The Morgan fingerprint density at radius 1 is 1.14 bits per heavy atom. The van der Waals surface area contributed by atoms with Crippen LogP contribution in [0.5, 0.6) is 0 Å². The van der Waals surface area contributed by atoms with Crippen molar-refractivity contribution >= 4 is 32.8 Å². The molecule has 0 saturated heterocycles. The van der Waals surface area contributed by atoms with Crippen molar-refractivity contribution in [1.29, 1.82) is 0 Å². The lowest BCUT2D eigenvalue weighted by Gasteiger charge is -2.17. The van der Waals surface area contributed by atoms with E-state index in [0.717, 1.165) is 26.6 Å². The van der Waals surface area contributed by atoms with E-state index < -0.39 is 0 Å². The van der Waals surface area contributed by atoms with Crippen LogP contribution in [0.1, 0.15) is 21.7 Å². The Bertz CT molecular complexity index is 838. The molecule has 0 N–H and O–H groups in total. The Morgan fingerprint density at radius 3 is 2.55 bits per heavy atom. The van der Waals surface area contributed by atoms with Crippen LogP contribution in [-0.4, -0.2) is 17.9 Å². The van der Waals surface area contributed by atoms with Gasteiger partial charge in [0.1, 0.15) is 5.58 Å². The molecular formula is C18H16BrNO2. The number of carbonyl (C=O) groups excluding carboxylic acids is 1. The number of aryl methyl sites for hydroxylation is 1. The number of benzene rings is 2. The van der Waals surface area contributed by atoms with Crippen LogP contribution < -0.4 is 0 Å². The van der Waals surface area contributed by atoms with Crippen molar-refractivity contribution in [3.63, 3.8) is 0 Å². The second-order valence-corrected chi connectivity index (χ2v) is 6.16. The van der Waals surface area contributed by atoms with Gasteiger partial charge in [-0.3, -0.25) is 4.79 Å². The molecule has 0 aliphatic heterocycles. The van der Waals surface area contributed by atoms with E-state index in [2.05, 4.69) is 15.9 Å². The number of rotatable bonds is 3. The normalized spacial score (nSPS) is 10.9. The zero-order valence-corrected chi connectivity index (χ0v) is 14.1. The largest absolute Gasteiger partial charge is 0.451 e. The molecule has 3 aromatic rings. The first-order chi connectivity index (χ1) is 10.6. The fraction of sp³-hybridized carbons (Fsp3) is 0.167. The monoisotopic (exact) mass is 357 g/mol. The van der Waals surface area contributed by atoms with Gasteiger partial charge in [-0.25, -0.2) is 0 Å². The van der Waals surface area contributed by atoms with Gasteiger partial charge in [0.2, 0.25) is 0 Å². The topological polar surface area (TPSA) is 33.5 Å². The number of furan rings is 1. The number of hydrogen-bond donors (Lipinski definition) is 0. The minimum atomic E-state index is -0.107. The molecule has 0 aliphatic rings. The van der Waals surface area contributed by atoms with E-state index in [9.17, 15) is 4.79 Å². The maximum Gasteiger partial charge on any atom is 0.289 e. The summed E-state index contributed by atoms with van der Waals surface area (Å²) in [6.07, 6.45) is 0. The van der Waals surface area contributed by atoms with Gasteiger partial charge in [-0.2, -0.15) is 0 Å². The summed E-state index contributed by atoms with van der Waals surface area (Å²) in [6, 6.07) is 15.6. The van der Waals surface area contributed by atoms with Crippen LogP contribution in [0.15, 0.2) is 57.4 Å². The van der Waals surface area contributed by atoms with Crippen molar-refractivity contribution in [1.82, 2.24) is 4.90 Å². The maximum atomic E-state index is 12.7. The molecule has 1 aromatic heterocycles. The van der Waals surface area contributed by atoms with Crippen LogP contribution in [0.25, 0.3) is 11.0 Å². The molecule has 1 amide bonds. The molecule has 1 heterocycles. The van der Waals surface area contributed by atoms with Gasteiger partial charge < -0.3 is 9.32 Å². The van der Waals surface area contributed by atoms with E-state index in [0.29, 0.717) is 12.3 Å². The van der Waals surface area contributed by atoms with Crippen LogP contribution >= 0.6 is 15.9 Å². The van der Waals surface area contributed by atoms with E-state index in [1.807, 2.05) is 55.5 Å². The van der Waals surface area contributed by atoms with Crippen molar-refractivity contribution in [2.75, 3.05) is 7.05 Å². The van der Waals surface area contributed by atoms with Crippen LogP contribution in [0.3, 0.4) is 0 Å². The molecular weight excluding hydrogens is 342 g/mol. The van der Waals surface area contributed by atoms with Gasteiger partial charge >= 0.3 is 0 Å². The van der Waals surface area contributed by atoms with Gasteiger partial charge in [0.25, 0.3) is 5.91 Å². The molecule has 0 atom stereocenters. The average Bonchev–Trinajstić information content (AvgIpc) is 2.86. The number of hydrogen-bond acceptors (Lipinski definition) is 2. The first-order valence-corrected chi connectivity index (χ1v) is 7.84. The zero-order chi connectivity index (χ0) is 15.7. The molecule has 0 unspecified atom stereocenters. The minimum Gasteiger partial charge on any atom is -0.451 e. The maximum absolute atomic E-state index is 12.7. The Labute approximate surface area is 137 Å². The molecule has 0 radical (unpaired) electrons. The molecule has 0 bridgehead atoms. The van der Waals surface area contributed by atoms with Crippen molar-refractivity contribution in [3.8, 4) is 0 Å². The average molecular weight is 358 g/mol. The summed E-state index contributed by atoms with van der Waals surface area (Å²) in [7, 11) is 1.79. The first-order valence-electron chi connectivity index (χ1n) is 7.05. The Morgan fingerprint density at radius 2 is 1.82 bits per heavy atom.